The number of aromatic nitrogens is 1. The number of amides is 2. The zero-order valence-electron chi connectivity index (χ0n) is 11.7. The second-order valence-electron chi connectivity index (χ2n) is 5.11. The van der Waals surface area contributed by atoms with Crippen LogP contribution in [0.25, 0.3) is 10.9 Å². The monoisotopic (exact) mass is 284 g/mol. The SMILES string of the molecule is CN(Cc1c[nH]c2ccccc12)C(=O)C1=NNC(=O)CC1. The van der Waals surface area contributed by atoms with E-state index >= 15 is 0 Å². The summed E-state index contributed by atoms with van der Waals surface area (Å²) in [4.78, 5) is 28.2. The number of nitrogens with zero attached hydrogens (tertiary/aromatic N) is 2. The molecule has 2 aromatic rings. The Hall–Kier alpha value is -2.63. The lowest BCUT2D eigenvalue weighted by molar-refractivity contribution is -0.124. The van der Waals surface area contributed by atoms with Gasteiger partial charge in [-0.15, -0.1) is 0 Å². The van der Waals surface area contributed by atoms with Gasteiger partial charge in [-0.05, 0) is 11.6 Å². The van der Waals surface area contributed by atoms with E-state index in [2.05, 4.69) is 15.5 Å². The average Bonchev–Trinajstić information content (AvgIpc) is 2.91. The van der Waals surface area contributed by atoms with Crippen molar-refractivity contribution in [3.05, 3.63) is 36.0 Å². The molecule has 0 spiro atoms. The lowest BCUT2D eigenvalue weighted by atomic mass is 10.1. The van der Waals surface area contributed by atoms with Crippen molar-refractivity contribution in [2.75, 3.05) is 7.05 Å². The summed E-state index contributed by atoms with van der Waals surface area (Å²) in [6.45, 7) is 0.496. The van der Waals surface area contributed by atoms with Crippen LogP contribution in [0.2, 0.25) is 0 Å². The van der Waals surface area contributed by atoms with Gasteiger partial charge >= 0.3 is 0 Å². The van der Waals surface area contributed by atoms with E-state index in [1.54, 1.807) is 11.9 Å². The van der Waals surface area contributed by atoms with Crippen LogP contribution in [-0.4, -0.2) is 34.5 Å². The Kier molecular flexibility index (Phi) is 3.43. The van der Waals surface area contributed by atoms with Gasteiger partial charge in [-0.1, -0.05) is 18.2 Å². The number of fused-ring (bicyclic) bond motifs is 1. The lowest BCUT2D eigenvalue weighted by Crippen LogP contribution is -2.37. The highest BCUT2D eigenvalue weighted by Crippen LogP contribution is 2.19. The van der Waals surface area contributed by atoms with Crippen LogP contribution >= 0.6 is 0 Å². The van der Waals surface area contributed by atoms with Crippen LogP contribution in [-0.2, 0) is 16.1 Å². The molecule has 2 heterocycles. The van der Waals surface area contributed by atoms with Gasteiger partial charge in [0.05, 0.1) is 0 Å². The molecule has 0 unspecified atom stereocenters. The molecule has 0 saturated carbocycles. The van der Waals surface area contributed by atoms with Gasteiger partial charge in [0.1, 0.15) is 5.71 Å². The quantitative estimate of drug-likeness (QED) is 0.893. The van der Waals surface area contributed by atoms with Crippen LogP contribution in [0, 0.1) is 0 Å². The minimum atomic E-state index is -0.153. The summed E-state index contributed by atoms with van der Waals surface area (Å²) in [5.74, 6) is -0.300. The smallest absolute Gasteiger partial charge is 0.270 e. The van der Waals surface area contributed by atoms with E-state index in [-0.39, 0.29) is 11.8 Å². The number of aromatic amines is 1. The van der Waals surface area contributed by atoms with E-state index in [9.17, 15) is 9.59 Å². The van der Waals surface area contributed by atoms with Gasteiger partial charge in [0.2, 0.25) is 5.91 Å². The Balaban J connectivity index is 1.75. The van der Waals surface area contributed by atoms with Gasteiger partial charge in [-0.25, -0.2) is 5.43 Å². The van der Waals surface area contributed by atoms with Crippen molar-refractivity contribution in [2.45, 2.75) is 19.4 Å². The fourth-order valence-electron chi connectivity index (χ4n) is 2.44. The van der Waals surface area contributed by atoms with E-state index in [1.165, 1.54) is 0 Å². The fraction of sp³-hybridized carbons (Fsp3) is 0.267. The molecule has 1 aromatic carbocycles. The number of benzene rings is 1. The normalized spacial score (nSPS) is 14.7. The van der Waals surface area contributed by atoms with Crippen molar-refractivity contribution in [3.8, 4) is 0 Å². The maximum absolute atomic E-state index is 12.3. The molecule has 3 rings (SSSR count). The van der Waals surface area contributed by atoms with Crippen LogP contribution in [0.5, 0.6) is 0 Å². The predicted molar refractivity (Wildman–Crippen MR) is 79.6 cm³/mol. The Morgan fingerprint density at radius 2 is 2.14 bits per heavy atom. The number of carbonyl (C=O) groups is 2. The van der Waals surface area contributed by atoms with E-state index in [1.807, 2.05) is 30.5 Å². The second-order valence-corrected chi connectivity index (χ2v) is 5.11. The molecule has 6 heteroatoms. The van der Waals surface area contributed by atoms with E-state index in [4.69, 9.17) is 0 Å². The van der Waals surface area contributed by atoms with Crippen LogP contribution < -0.4 is 5.43 Å². The molecule has 2 N–H and O–H groups in total. The molecule has 0 aliphatic carbocycles. The van der Waals surface area contributed by atoms with Gasteiger partial charge in [-0.2, -0.15) is 5.10 Å². The summed E-state index contributed by atoms with van der Waals surface area (Å²) in [5.41, 5.74) is 4.86. The Labute approximate surface area is 121 Å². The Morgan fingerprint density at radius 3 is 2.90 bits per heavy atom. The molecule has 0 atom stereocenters. The topological polar surface area (TPSA) is 77.6 Å². The predicted octanol–water partition coefficient (Wildman–Crippen LogP) is 1.39. The van der Waals surface area contributed by atoms with Crippen LogP contribution in [0.1, 0.15) is 18.4 Å². The first kappa shape index (κ1) is 13.4. The average molecular weight is 284 g/mol. The standard InChI is InChI=1S/C15H16N4O2/c1-19(15(21)13-6-7-14(20)18-17-13)9-10-8-16-12-5-3-2-4-11(10)12/h2-5,8,16H,6-7,9H2,1H3,(H,18,20). The first-order valence-corrected chi connectivity index (χ1v) is 6.81. The van der Waals surface area contributed by atoms with E-state index in [0.717, 1.165) is 16.5 Å². The highest BCUT2D eigenvalue weighted by molar-refractivity contribution is 6.39. The molecule has 21 heavy (non-hydrogen) atoms. The van der Waals surface area contributed by atoms with Gasteiger partial charge in [0, 0.05) is 43.5 Å². The highest BCUT2D eigenvalue weighted by Gasteiger charge is 2.21. The summed E-state index contributed by atoms with van der Waals surface area (Å²) in [7, 11) is 1.74. The molecule has 1 aliphatic rings. The number of rotatable bonds is 3. The lowest BCUT2D eigenvalue weighted by Gasteiger charge is -2.19. The third kappa shape index (κ3) is 2.65. The van der Waals surface area contributed by atoms with Crippen molar-refractivity contribution in [1.29, 1.82) is 0 Å². The van der Waals surface area contributed by atoms with E-state index in [0.29, 0.717) is 25.1 Å². The molecule has 108 valence electrons. The van der Waals surface area contributed by atoms with Crippen LogP contribution in [0.3, 0.4) is 0 Å². The number of nitrogens with one attached hydrogen (secondary N) is 2. The first-order chi connectivity index (χ1) is 10.1. The van der Waals surface area contributed by atoms with Crippen LogP contribution in [0.15, 0.2) is 35.6 Å². The van der Waals surface area contributed by atoms with Gasteiger partial charge in [0.15, 0.2) is 0 Å². The van der Waals surface area contributed by atoms with Gasteiger partial charge in [0.25, 0.3) is 5.91 Å². The molecular weight excluding hydrogens is 268 g/mol. The number of hydrazone groups is 1. The number of carbonyl (C=O) groups excluding carboxylic acids is 2. The third-order valence-corrected chi connectivity index (χ3v) is 3.58. The number of H-pyrrole nitrogens is 1. The van der Waals surface area contributed by atoms with Crippen molar-refractivity contribution in [1.82, 2.24) is 15.3 Å². The molecule has 6 nitrogen and oxygen atoms in total. The van der Waals surface area contributed by atoms with Gasteiger partial charge < -0.3 is 9.88 Å². The summed E-state index contributed by atoms with van der Waals surface area (Å²) in [6.07, 6.45) is 2.62. The zero-order chi connectivity index (χ0) is 14.8. The molecule has 1 aliphatic heterocycles. The Morgan fingerprint density at radius 1 is 1.33 bits per heavy atom. The zero-order valence-corrected chi connectivity index (χ0v) is 11.7. The highest BCUT2D eigenvalue weighted by atomic mass is 16.2. The molecule has 0 saturated heterocycles. The van der Waals surface area contributed by atoms with Crippen molar-refractivity contribution < 1.29 is 9.59 Å². The van der Waals surface area contributed by atoms with Gasteiger partial charge in [-0.3, -0.25) is 9.59 Å². The van der Waals surface area contributed by atoms with Crippen molar-refractivity contribution in [3.63, 3.8) is 0 Å². The second kappa shape index (κ2) is 5.40. The summed E-state index contributed by atoms with van der Waals surface area (Å²) in [6, 6.07) is 7.97. The minimum Gasteiger partial charge on any atom is -0.361 e. The largest absolute Gasteiger partial charge is 0.361 e. The third-order valence-electron chi connectivity index (χ3n) is 3.58. The van der Waals surface area contributed by atoms with E-state index < -0.39 is 0 Å². The summed E-state index contributed by atoms with van der Waals surface area (Å²) >= 11 is 0. The maximum Gasteiger partial charge on any atom is 0.270 e. The van der Waals surface area contributed by atoms with Crippen molar-refractivity contribution >= 4 is 28.4 Å². The molecule has 0 bridgehead atoms. The molecule has 0 fully saturated rings. The number of hydrogen-bond donors (Lipinski definition) is 2. The Bertz CT molecular complexity index is 732. The van der Waals surface area contributed by atoms with Crippen molar-refractivity contribution in [2.24, 2.45) is 5.10 Å². The maximum atomic E-state index is 12.3. The fourth-order valence-corrected chi connectivity index (χ4v) is 2.44. The molecule has 0 radical (unpaired) electrons. The number of hydrogen-bond acceptors (Lipinski definition) is 3. The first-order valence-electron chi connectivity index (χ1n) is 6.81. The molecule has 1 aromatic heterocycles. The molecular formula is C15H16N4O2. The summed E-state index contributed by atoms with van der Waals surface area (Å²) in [5, 5.41) is 4.95. The number of para-hydroxylation sites is 1. The molecule has 2 amide bonds. The minimum absolute atomic E-state index is 0.147. The summed E-state index contributed by atoms with van der Waals surface area (Å²) < 4.78 is 0. The van der Waals surface area contributed by atoms with Crippen LogP contribution in [0.4, 0.5) is 0 Å².